The lowest BCUT2D eigenvalue weighted by atomic mass is 10.1. The average molecular weight is 290 g/mol. The van der Waals surface area contributed by atoms with Crippen molar-refractivity contribution in [1.29, 1.82) is 0 Å². The van der Waals surface area contributed by atoms with E-state index in [0.717, 1.165) is 5.56 Å². The third-order valence-corrected chi connectivity index (χ3v) is 3.50. The van der Waals surface area contributed by atoms with Crippen LogP contribution in [0.15, 0.2) is 35.4 Å². The van der Waals surface area contributed by atoms with Gasteiger partial charge in [0.25, 0.3) is 0 Å². The highest BCUT2D eigenvalue weighted by Crippen LogP contribution is 2.16. The van der Waals surface area contributed by atoms with Crippen LogP contribution in [0.1, 0.15) is 18.4 Å². The minimum atomic E-state index is -0.715. The SMILES string of the molecule is [N-]=[N+]=N[C@H]1CCN(C(=O)OCc2ccccc2)CC[C@H]1O. The lowest BCUT2D eigenvalue weighted by Gasteiger charge is -2.19. The molecule has 1 N–H and O–H groups in total. The maximum Gasteiger partial charge on any atom is 0.410 e. The standard InChI is InChI=1S/C14H18N4O3/c15-17-16-12-6-8-18(9-7-13(12)19)14(20)21-10-11-4-2-1-3-5-11/h1-5,12-13,19H,6-10H2/t12-,13+/m0/s1. The zero-order valence-electron chi connectivity index (χ0n) is 11.6. The Morgan fingerprint density at radius 3 is 2.81 bits per heavy atom. The summed E-state index contributed by atoms with van der Waals surface area (Å²) < 4.78 is 5.26. The number of ether oxygens (including phenoxy) is 1. The summed E-state index contributed by atoms with van der Waals surface area (Å²) in [6.45, 7) is 1.03. The first kappa shape index (κ1) is 15.2. The van der Waals surface area contributed by atoms with Gasteiger partial charge in [-0.2, -0.15) is 0 Å². The number of aliphatic hydroxyl groups excluding tert-OH is 1. The van der Waals surface area contributed by atoms with Crippen LogP contribution in [-0.2, 0) is 11.3 Å². The molecule has 2 atom stereocenters. The number of carbonyl (C=O) groups is 1. The molecule has 0 aromatic heterocycles. The number of aliphatic hydroxyl groups is 1. The molecule has 7 nitrogen and oxygen atoms in total. The molecule has 21 heavy (non-hydrogen) atoms. The lowest BCUT2D eigenvalue weighted by Crippen LogP contribution is -2.32. The maximum atomic E-state index is 12.0. The van der Waals surface area contributed by atoms with Crippen LogP contribution in [0.3, 0.4) is 0 Å². The van der Waals surface area contributed by atoms with Crippen molar-refractivity contribution in [3.05, 3.63) is 46.3 Å². The predicted molar refractivity (Wildman–Crippen MR) is 76.4 cm³/mol. The van der Waals surface area contributed by atoms with E-state index in [9.17, 15) is 9.90 Å². The van der Waals surface area contributed by atoms with Crippen LogP contribution in [-0.4, -0.2) is 41.3 Å². The van der Waals surface area contributed by atoms with Crippen molar-refractivity contribution in [3.8, 4) is 0 Å². The number of amides is 1. The molecule has 112 valence electrons. The van der Waals surface area contributed by atoms with Gasteiger partial charge in [-0.15, -0.1) is 0 Å². The molecule has 7 heteroatoms. The molecule has 0 spiro atoms. The van der Waals surface area contributed by atoms with Gasteiger partial charge in [0.2, 0.25) is 0 Å². The summed E-state index contributed by atoms with van der Waals surface area (Å²) in [7, 11) is 0. The number of nitrogens with zero attached hydrogens (tertiary/aromatic N) is 4. The fourth-order valence-electron chi connectivity index (χ4n) is 2.27. The second-order valence-electron chi connectivity index (χ2n) is 4.94. The maximum absolute atomic E-state index is 12.0. The zero-order valence-corrected chi connectivity index (χ0v) is 11.6. The largest absolute Gasteiger partial charge is 0.445 e. The molecule has 1 heterocycles. The van der Waals surface area contributed by atoms with Crippen molar-refractivity contribution in [2.75, 3.05) is 13.1 Å². The number of hydrogen-bond donors (Lipinski definition) is 1. The summed E-state index contributed by atoms with van der Waals surface area (Å²) in [4.78, 5) is 16.3. The van der Waals surface area contributed by atoms with E-state index < -0.39 is 18.2 Å². The van der Waals surface area contributed by atoms with Crippen LogP contribution in [0.25, 0.3) is 10.4 Å². The van der Waals surface area contributed by atoms with Crippen molar-refractivity contribution in [2.45, 2.75) is 31.6 Å². The number of azide groups is 1. The normalized spacial score (nSPS) is 22.0. The molecule has 0 aliphatic carbocycles. The van der Waals surface area contributed by atoms with E-state index in [2.05, 4.69) is 10.0 Å². The Labute approximate surface area is 122 Å². The minimum absolute atomic E-state index is 0.221. The Kier molecular flexibility index (Phi) is 5.43. The highest BCUT2D eigenvalue weighted by atomic mass is 16.6. The van der Waals surface area contributed by atoms with Crippen molar-refractivity contribution in [3.63, 3.8) is 0 Å². The number of likely N-dealkylation sites (tertiary alicyclic amines) is 1. The van der Waals surface area contributed by atoms with Crippen LogP contribution in [0.5, 0.6) is 0 Å². The fraction of sp³-hybridized carbons (Fsp3) is 0.500. The minimum Gasteiger partial charge on any atom is -0.445 e. The summed E-state index contributed by atoms with van der Waals surface area (Å²) in [5.74, 6) is 0. The molecule has 0 radical (unpaired) electrons. The van der Waals surface area contributed by atoms with Gasteiger partial charge < -0.3 is 14.7 Å². The second-order valence-corrected chi connectivity index (χ2v) is 4.94. The summed E-state index contributed by atoms with van der Waals surface area (Å²) in [6, 6.07) is 8.96. The summed E-state index contributed by atoms with van der Waals surface area (Å²) in [5.41, 5.74) is 9.38. The van der Waals surface area contributed by atoms with E-state index >= 15 is 0 Å². The number of benzene rings is 1. The molecule has 1 fully saturated rings. The average Bonchev–Trinajstić information content (AvgIpc) is 2.69. The first-order chi connectivity index (χ1) is 10.2. The van der Waals surface area contributed by atoms with E-state index in [1.54, 1.807) is 4.90 Å². The third kappa shape index (κ3) is 4.37. The third-order valence-electron chi connectivity index (χ3n) is 3.50. The molecule has 1 aliphatic rings. The van der Waals surface area contributed by atoms with Gasteiger partial charge in [0, 0.05) is 18.0 Å². The highest BCUT2D eigenvalue weighted by Gasteiger charge is 2.26. The number of hydrogen-bond acceptors (Lipinski definition) is 4. The molecule has 1 aliphatic heterocycles. The van der Waals surface area contributed by atoms with Gasteiger partial charge in [-0.05, 0) is 23.9 Å². The molecular weight excluding hydrogens is 272 g/mol. The Balaban J connectivity index is 1.87. The molecule has 0 saturated carbocycles. The molecule has 1 amide bonds. The fourth-order valence-corrected chi connectivity index (χ4v) is 2.27. The Morgan fingerprint density at radius 2 is 2.10 bits per heavy atom. The summed E-state index contributed by atoms with van der Waals surface area (Å²) >= 11 is 0. The van der Waals surface area contributed by atoms with Crippen molar-refractivity contribution < 1.29 is 14.6 Å². The van der Waals surface area contributed by atoms with E-state index in [4.69, 9.17) is 10.3 Å². The Morgan fingerprint density at radius 1 is 1.38 bits per heavy atom. The Bertz CT molecular complexity index is 516. The van der Waals surface area contributed by atoms with Crippen molar-refractivity contribution in [1.82, 2.24) is 4.90 Å². The topological polar surface area (TPSA) is 98.5 Å². The Hall–Kier alpha value is -2.24. The van der Waals surface area contributed by atoms with Crippen LogP contribution < -0.4 is 0 Å². The van der Waals surface area contributed by atoms with E-state index in [0.29, 0.717) is 25.9 Å². The van der Waals surface area contributed by atoms with Crippen LogP contribution in [0, 0.1) is 0 Å². The molecular formula is C14H18N4O3. The highest BCUT2D eigenvalue weighted by molar-refractivity contribution is 5.67. The molecule has 1 aromatic carbocycles. The van der Waals surface area contributed by atoms with Crippen LogP contribution in [0.2, 0.25) is 0 Å². The first-order valence-electron chi connectivity index (χ1n) is 6.88. The van der Waals surface area contributed by atoms with Crippen molar-refractivity contribution >= 4 is 6.09 Å². The number of carbonyl (C=O) groups excluding carboxylic acids is 1. The summed E-state index contributed by atoms with van der Waals surface area (Å²) in [5, 5.41) is 13.4. The predicted octanol–water partition coefficient (Wildman–Crippen LogP) is 2.46. The van der Waals surface area contributed by atoms with E-state index in [1.807, 2.05) is 30.3 Å². The van der Waals surface area contributed by atoms with Crippen LogP contribution in [0.4, 0.5) is 4.79 Å². The van der Waals surface area contributed by atoms with Crippen LogP contribution >= 0.6 is 0 Å². The summed E-state index contributed by atoms with van der Waals surface area (Å²) in [6.07, 6.45) is -0.309. The van der Waals surface area contributed by atoms with Gasteiger partial charge >= 0.3 is 6.09 Å². The molecule has 1 aromatic rings. The lowest BCUT2D eigenvalue weighted by molar-refractivity contribution is 0.0947. The van der Waals surface area contributed by atoms with E-state index in [1.165, 1.54) is 0 Å². The number of rotatable bonds is 3. The zero-order chi connectivity index (χ0) is 15.1. The molecule has 0 unspecified atom stereocenters. The first-order valence-corrected chi connectivity index (χ1v) is 6.88. The van der Waals surface area contributed by atoms with Gasteiger partial charge in [0.05, 0.1) is 12.1 Å². The smallest absolute Gasteiger partial charge is 0.410 e. The molecule has 1 saturated heterocycles. The quantitative estimate of drug-likeness (QED) is 0.526. The van der Waals surface area contributed by atoms with Crippen molar-refractivity contribution in [2.24, 2.45) is 5.11 Å². The molecule has 2 rings (SSSR count). The second kappa shape index (κ2) is 7.52. The van der Waals surface area contributed by atoms with Gasteiger partial charge in [0.1, 0.15) is 6.61 Å². The monoisotopic (exact) mass is 290 g/mol. The van der Waals surface area contributed by atoms with Gasteiger partial charge in [-0.3, -0.25) is 0 Å². The van der Waals surface area contributed by atoms with Gasteiger partial charge in [-0.25, -0.2) is 4.79 Å². The van der Waals surface area contributed by atoms with E-state index in [-0.39, 0.29) is 6.61 Å². The molecule has 0 bridgehead atoms. The van der Waals surface area contributed by atoms with Gasteiger partial charge in [0.15, 0.2) is 0 Å². The van der Waals surface area contributed by atoms with Gasteiger partial charge in [-0.1, -0.05) is 35.4 Å².